The molecule has 0 saturated carbocycles. The molecule has 0 unspecified atom stereocenters. The normalized spacial score (nSPS) is 11.1. The molecule has 110 valence electrons. The Morgan fingerprint density at radius 1 is 1.33 bits per heavy atom. The van der Waals surface area contributed by atoms with E-state index in [-0.39, 0.29) is 20.7 Å². The lowest BCUT2D eigenvalue weighted by Gasteiger charge is -2.09. The Kier molecular flexibility index (Phi) is 4.24. The van der Waals surface area contributed by atoms with Crippen molar-refractivity contribution in [2.24, 2.45) is 0 Å². The van der Waals surface area contributed by atoms with Crippen molar-refractivity contribution in [1.29, 1.82) is 0 Å². The first-order valence-corrected chi connectivity index (χ1v) is 7.75. The maximum absolute atomic E-state index is 13.4. The molecule has 2 N–H and O–H groups in total. The average molecular weight is 375 g/mol. The molecule has 0 radical (unpaired) electrons. The number of carboxylic acids is 1. The van der Waals surface area contributed by atoms with E-state index in [0.717, 1.165) is 6.07 Å². The van der Waals surface area contributed by atoms with Crippen molar-refractivity contribution in [2.45, 2.75) is 4.90 Å². The Bertz CT molecular complexity index is 811. The first-order chi connectivity index (χ1) is 9.81. The van der Waals surface area contributed by atoms with E-state index < -0.39 is 21.8 Å². The van der Waals surface area contributed by atoms with Crippen molar-refractivity contribution in [3.05, 3.63) is 52.4 Å². The molecule has 0 aliphatic heterocycles. The number of aromatic nitrogens is 1. The number of carboxylic acid groups (broad SMARTS) is 1. The molecule has 1 heterocycles. The topological polar surface area (TPSA) is 96.4 Å². The third-order valence-electron chi connectivity index (χ3n) is 2.47. The zero-order valence-electron chi connectivity index (χ0n) is 10.2. The lowest BCUT2D eigenvalue weighted by atomic mass is 10.3. The van der Waals surface area contributed by atoms with Crippen molar-refractivity contribution < 1.29 is 22.7 Å². The highest BCUT2D eigenvalue weighted by Gasteiger charge is 2.20. The number of halogens is 2. The molecular formula is C12H8BrFN2O4S. The molecule has 0 spiro atoms. The molecule has 0 saturated heterocycles. The fourth-order valence-electron chi connectivity index (χ4n) is 1.49. The molecule has 21 heavy (non-hydrogen) atoms. The lowest BCUT2D eigenvalue weighted by Crippen LogP contribution is -2.16. The molecule has 0 aliphatic carbocycles. The van der Waals surface area contributed by atoms with Crippen LogP contribution in [0.25, 0.3) is 0 Å². The molecule has 1 aromatic carbocycles. The van der Waals surface area contributed by atoms with Gasteiger partial charge in [-0.2, -0.15) is 0 Å². The SMILES string of the molecule is O=C(O)c1cccnc1NS(=O)(=O)c1ccc(Br)c(F)c1. The molecule has 0 amide bonds. The second-order valence-corrected chi connectivity index (χ2v) is 6.42. The first kappa shape index (κ1) is 15.4. The van der Waals surface area contributed by atoms with Crippen molar-refractivity contribution in [3.63, 3.8) is 0 Å². The van der Waals surface area contributed by atoms with E-state index in [0.29, 0.717) is 0 Å². The number of nitrogens with zero attached hydrogens (tertiary/aromatic N) is 1. The van der Waals surface area contributed by atoms with Gasteiger partial charge in [0.2, 0.25) is 0 Å². The summed E-state index contributed by atoms with van der Waals surface area (Å²) in [6, 6.07) is 5.80. The largest absolute Gasteiger partial charge is 0.478 e. The lowest BCUT2D eigenvalue weighted by molar-refractivity contribution is 0.0697. The maximum Gasteiger partial charge on any atom is 0.339 e. The summed E-state index contributed by atoms with van der Waals surface area (Å²) in [6.45, 7) is 0. The van der Waals surface area contributed by atoms with Crippen molar-refractivity contribution in [1.82, 2.24) is 4.98 Å². The van der Waals surface area contributed by atoms with Gasteiger partial charge in [-0.1, -0.05) is 0 Å². The van der Waals surface area contributed by atoms with Crippen LogP contribution >= 0.6 is 15.9 Å². The Balaban J connectivity index is 2.42. The summed E-state index contributed by atoms with van der Waals surface area (Å²) in [6.07, 6.45) is 1.24. The number of carbonyl (C=O) groups is 1. The Morgan fingerprint density at radius 3 is 2.67 bits per heavy atom. The summed E-state index contributed by atoms with van der Waals surface area (Å²) in [5.41, 5.74) is -0.307. The second kappa shape index (κ2) is 5.78. The Labute approximate surface area is 127 Å². The van der Waals surface area contributed by atoms with Gasteiger partial charge in [0.15, 0.2) is 5.82 Å². The number of hydrogen-bond donors (Lipinski definition) is 2. The highest BCUT2D eigenvalue weighted by atomic mass is 79.9. The van der Waals surface area contributed by atoms with Gasteiger partial charge in [-0.05, 0) is 46.3 Å². The summed E-state index contributed by atoms with van der Waals surface area (Å²) in [4.78, 5) is 14.3. The van der Waals surface area contributed by atoms with Crippen LogP contribution in [0, 0.1) is 5.82 Å². The number of nitrogens with one attached hydrogen (secondary N) is 1. The fraction of sp³-hybridized carbons (Fsp3) is 0. The van der Waals surface area contributed by atoms with Gasteiger partial charge < -0.3 is 5.11 Å². The number of sulfonamides is 1. The quantitative estimate of drug-likeness (QED) is 0.856. The minimum absolute atomic E-state index is 0.116. The minimum atomic E-state index is -4.15. The van der Waals surface area contributed by atoms with Crippen LogP contribution in [0.5, 0.6) is 0 Å². The average Bonchev–Trinajstić information content (AvgIpc) is 2.41. The Morgan fingerprint density at radius 2 is 2.05 bits per heavy atom. The number of aromatic carboxylic acids is 1. The van der Waals surface area contributed by atoms with E-state index in [1.165, 1.54) is 30.5 Å². The zero-order valence-corrected chi connectivity index (χ0v) is 12.6. The highest BCUT2D eigenvalue weighted by Crippen LogP contribution is 2.22. The molecule has 1 aromatic heterocycles. The van der Waals surface area contributed by atoms with E-state index in [9.17, 15) is 17.6 Å². The van der Waals surface area contributed by atoms with E-state index in [1.54, 1.807) is 0 Å². The van der Waals surface area contributed by atoms with Crippen LogP contribution in [0.3, 0.4) is 0 Å². The van der Waals surface area contributed by atoms with Crippen LogP contribution in [0.2, 0.25) is 0 Å². The molecular weight excluding hydrogens is 367 g/mol. The van der Waals surface area contributed by atoms with Gasteiger partial charge in [-0.3, -0.25) is 4.72 Å². The number of rotatable bonds is 4. The summed E-state index contributed by atoms with van der Waals surface area (Å²) in [5.74, 6) is -2.42. The third kappa shape index (κ3) is 3.37. The number of anilines is 1. The summed E-state index contributed by atoms with van der Waals surface area (Å²) < 4.78 is 39.8. The molecule has 0 aliphatic rings. The molecule has 2 aromatic rings. The van der Waals surface area contributed by atoms with Gasteiger partial charge in [0.25, 0.3) is 10.0 Å². The predicted octanol–water partition coefficient (Wildman–Crippen LogP) is 2.48. The summed E-state index contributed by atoms with van der Waals surface area (Å²) >= 11 is 2.91. The second-order valence-electron chi connectivity index (χ2n) is 3.89. The molecule has 0 atom stereocenters. The van der Waals surface area contributed by atoms with E-state index in [1.807, 2.05) is 4.72 Å². The molecule has 9 heteroatoms. The number of benzene rings is 1. The van der Waals surface area contributed by atoms with Crippen LogP contribution in [0.15, 0.2) is 45.9 Å². The predicted molar refractivity (Wildman–Crippen MR) is 76.1 cm³/mol. The minimum Gasteiger partial charge on any atom is -0.478 e. The summed E-state index contributed by atoms with van der Waals surface area (Å²) in [5, 5.41) is 8.97. The van der Waals surface area contributed by atoms with Gasteiger partial charge >= 0.3 is 5.97 Å². The van der Waals surface area contributed by atoms with Gasteiger partial charge in [0.1, 0.15) is 11.4 Å². The number of hydrogen-bond acceptors (Lipinski definition) is 4. The van der Waals surface area contributed by atoms with E-state index in [4.69, 9.17) is 5.11 Å². The highest BCUT2D eigenvalue weighted by molar-refractivity contribution is 9.10. The van der Waals surface area contributed by atoms with Gasteiger partial charge in [-0.25, -0.2) is 22.6 Å². The van der Waals surface area contributed by atoms with Crippen LogP contribution < -0.4 is 4.72 Å². The van der Waals surface area contributed by atoms with Crippen molar-refractivity contribution in [3.8, 4) is 0 Å². The van der Waals surface area contributed by atoms with Crippen molar-refractivity contribution in [2.75, 3.05) is 4.72 Å². The van der Waals surface area contributed by atoms with Crippen LogP contribution in [-0.4, -0.2) is 24.5 Å². The van der Waals surface area contributed by atoms with Crippen LogP contribution in [0.1, 0.15) is 10.4 Å². The van der Waals surface area contributed by atoms with Crippen molar-refractivity contribution >= 4 is 37.7 Å². The standard InChI is InChI=1S/C12H8BrFN2O4S/c13-9-4-3-7(6-10(9)14)21(19,20)16-11-8(12(17)18)2-1-5-15-11/h1-6H,(H,15,16)(H,17,18). The van der Waals surface area contributed by atoms with Gasteiger partial charge in [0.05, 0.1) is 9.37 Å². The first-order valence-electron chi connectivity index (χ1n) is 5.47. The third-order valence-corrected chi connectivity index (χ3v) is 4.45. The molecule has 0 bridgehead atoms. The van der Waals surface area contributed by atoms with E-state index in [2.05, 4.69) is 20.9 Å². The summed E-state index contributed by atoms with van der Waals surface area (Å²) in [7, 11) is -4.15. The van der Waals surface area contributed by atoms with Crippen LogP contribution in [-0.2, 0) is 10.0 Å². The van der Waals surface area contributed by atoms with E-state index >= 15 is 0 Å². The zero-order chi connectivity index (χ0) is 15.6. The van der Waals surface area contributed by atoms with Gasteiger partial charge in [0, 0.05) is 6.20 Å². The smallest absolute Gasteiger partial charge is 0.339 e. The fourth-order valence-corrected chi connectivity index (χ4v) is 2.78. The van der Waals surface area contributed by atoms with Crippen LogP contribution in [0.4, 0.5) is 10.2 Å². The molecule has 0 fully saturated rings. The number of pyridine rings is 1. The molecule has 6 nitrogen and oxygen atoms in total. The monoisotopic (exact) mass is 374 g/mol. The van der Waals surface area contributed by atoms with Gasteiger partial charge in [-0.15, -0.1) is 0 Å². The Hall–Kier alpha value is -2.00. The molecule has 2 rings (SSSR count). The maximum atomic E-state index is 13.4.